The molecule has 5 atom stereocenters. The molecule has 1 aliphatic heterocycles. The monoisotopic (exact) mass is 549 g/mol. The molecule has 0 radical (unpaired) electrons. The lowest BCUT2D eigenvalue weighted by atomic mass is 9.98. The largest absolute Gasteiger partial charge is 0.463 e. The maximum Gasteiger partial charge on any atom is 0.303 e. The summed E-state index contributed by atoms with van der Waals surface area (Å²) in [5.41, 5.74) is 8.16. The van der Waals surface area contributed by atoms with E-state index in [4.69, 9.17) is 48.2 Å². The third-order valence-electron chi connectivity index (χ3n) is 4.60. The number of carbonyl (C=O) groups is 4. The average Bonchev–Trinajstić information content (AvgIpc) is 2.83. The second-order valence-corrected chi connectivity index (χ2v) is 7.73. The van der Waals surface area contributed by atoms with Crippen LogP contribution in [-0.2, 0) is 61.8 Å². The van der Waals surface area contributed by atoms with E-state index in [-0.39, 0.29) is 33.0 Å². The molecule has 1 rings (SSSR count). The van der Waals surface area contributed by atoms with Gasteiger partial charge in [-0.2, -0.15) is 0 Å². The molecule has 0 bridgehead atoms. The lowest BCUT2D eigenvalue weighted by molar-refractivity contribution is -0.309. The molecule has 16 nitrogen and oxygen atoms in total. The lowest BCUT2D eigenvalue weighted by Gasteiger charge is -2.44. The van der Waals surface area contributed by atoms with Crippen LogP contribution in [-0.4, -0.2) is 114 Å². The Morgan fingerprint density at radius 1 is 0.711 bits per heavy atom. The smallest absolute Gasteiger partial charge is 0.303 e. The summed E-state index contributed by atoms with van der Waals surface area (Å²) in [5, 5.41) is 3.34. The Hall–Kier alpha value is -3.01. The highest BCUT2D eigenvalue weighted by Gasteiger charge is 2.52. The maximum absolute atomic E-state index is 11.8. The fourth-order valence-corrected chi connectivity index (χ4v) is 3.24. The molecule has 0 aromatic carbocycles. The Kier molecular flexibility index (Phi) is 16.6. The van der Waals surface area contributed by atoms with Crippen molar-refractivity contribution >= 4 is 23.9 Å². The number of nitrogens with zero attached hydrogens (tertiary/aromatic N) is 3. The zero-order valence-corrected chi connectivity index (χ0v) is 21.9. The predicted molar refractivity (Wildman–Crippen MR) is 124 cm³/mol. The molecule has 0 spiro atoms. The van der Waals surface area contributed by atoms with Crippen LogP contribution < -0.4 is 0 Å². The molecule has 1 fully saturated rings. The Bertz CT molecular complexity index is 805. The summed E-state index contributed by atoms with van der Waals surface area (Å²) in [6.45, 7) is 6.11. The first-order valence-electron chi connectivity index (χ1n) is 11.8. The van der Waals surface area contributed by atoms with Gasteiger partial charge in [-0.25, -0.2) is 0 Å². The molecule has 0 aliphatic carbocycles. The van der Waals surface area contributed by atoms with Gasteiger partial charge in [-0.05, 0) is 5.53 Å². The summed E-state index contributed by atoms with van der Waals surface area (Å²) >= 11 is 0. The van der Waals surface area contributed by atoms with E-state index < -0.39 is 54.6 Å². The van der Waals surface area contributed by atoms with Gasteiger partial charge in [0.05, 0.1) is 46.2 Å². The van der Waals surface area contributed by atoms with E-state index in [0.717, 1.165) is 20.8 Å². The summed E-state index contributed by atoms with van der Waals surface area (Å²) in [7, 11) is 0. The fraction of sp³-hybridized carbons (Fsp3) is 0.818. The van der Waals surface area contributed by atoms with E-state index in [1.807, 2.05) is 0 Å². The van der Waals surface area contributed by atoms with Crippen LogP contribution in [0, 0.1) is 0 Å². The van der Waals surface area contributed by atoms with Crippen molar-refractivity contribution in [3.8, 4) is 0 Å². The molecule has 0 saturated carbocycles. The van der Waals surface area contributed by atoms with Crippen LogP contribution >= 0.6 is 0 Å². The van der Waals surface area contributed by atoms with E-state index in [1.165, 1.54) is 6.92 Å². The average molecular weight is 550 g/mol. The standard InChI is InChI=1S/C22H35N3O13/c1-14(26)34-13-18-19(35-15(2)27)20(36-16(3)28)21(37-17(4)29)22(38-18)33-12-11-32-10-9-31-8-7-30-6-5-24-25-23/h18-22H,5-13H2,1-4H3/t18-,19+,20+,21-,22-/m1/s1. The zero-order chi connectivity index (χ0) is 28.3. The Balaban J connectivity index is 2.67. The molecule has 0 N–H and O–H groups in total. The number of rotatable bonds is 18. The van der Waals surface area contributed by atoms with Crippen LogP contribution in [0.3, 0.4) is 0 Å². The summed E-state index contributed by atoms with van der Waals surface area (Å²) in [6, 6.07) is 0. The molecule has 1 aliphatic rings. The van der Waals surface area contributed by atoms with Crippen molar-refractivity contribution in [2.24, 2.45) is 5.11 Å². The predicted octanol–water partition coefficient (Wildman–Crippen LogP) is 0.446. The molecule has 0 aromatic rings. The molecule has 1 saturated heterocycles. The topological polar surface area (TPSA) is 200 Å². The van der Waals surface area contributed by atoms with E-state index >= 15 is 0 Å². The van der Waals surface area contributed by atoms with Gasteiger partial charge < -0.3 is 42.6 Å². The molecule has 0 aromatic heterocycles. The summed E-state index contributed by atoms with van der Waals surface area (Å²) in [5.74, 6) is -2.80. The number of hydrogen-bond acceptors (Lipinski definition) is 14. The number of azide groups is 1. The van der Waals surface area contributed by atoms with Crippen molar-refractivity contribution in [2.75, 3.05) is 59.4 Å². The minimum atomic E-state index is -1.30. The third-order valence-corrected chi connectivity index (χ3v) is 4.60. The third kappa shape index (κ3) is 14.1. The van der Waals surface area contributed by atoms with Gasteiger partial charge in [-0.15, -0.1) is 0 Å². The van der Waals surface area contributed by atoms with Crippen LogP contribution in [0.15, 0.2) is 5.11 Å². The molecule has 16 heteroatoms. The minimum absolute atomic E-state index is 0.0176. The number of hydrogen-bond donors (Lipinski definition) is 0. The second kappa shape index (κ2) is 19.1. The van der Waals surface area contributed by atoms with Crippen LogP contribution in [0.25, 0.3) is 10.4 Å². The van der Waals surface area contributed by atoms with Gasteiger partial charge in [0.15, 0.2) is 24.6 Å². The lowest BCUT2D eigenvalue weighted by Crippen LogP contribution is -2.63. The van der Waals surface area contributed by atoms with Crippen LogP contribution in [0.2, 0.25) is 0 Å². The van der Waals surface area contributed by atoms with Crippen molar-refractivity contribution in [3.05, 3.63) is 10.4 Å². The summed E-state index contributed by atoms with van der Waals surface area (Å²) < 4.78 is 48.4. The fourth-order valence-electron chi connectivity index (χ4n) is 3.24. The van der Waals surface area contributed by atoms with Crippen molar-refractivity contribution in [2.45, 2.75) is 58.4 Å². The second-order valence-electron chi connectivity index (χ2n) is 7.73. The highest BCUT2D eigenvalue weighted by molar-refractivity contribution is 5.68. The van der Waals surface area contributed by atoms with Crippen molar-refractivity contribution in [3.63, 3.8) is 0 Å². The summed E-state index contributed by atoms with van der Waals surface area (Å²) in [4.78, 5) is 49.3. The molecular weight excluding hydrogens is 514 g/mol. The van der Waals surface area contributed by atoms with Gasteiger partial charge in [0.1, 0.15) is 12.7 Å². The van der Waals surface area contributed by atoms with Gasteiger partial charge >= 0.3 is 23.9 Å². The zero-order valence-electron chi connectivity index (χ0n) is 21.9. The molecule has 0 unspecified atom stereocenters. The quantitative estimate of drug-likeness (QED) is 0.0570. The molecule has 0 amide bonds. The highest BCUT2D eigenvalue weighted by Crippen LogP contribution is 2.29. The van der Waals surface area contributed by atoms with Crippen LogP contribution in [0.5, 0.6) is 0 Å². The van der Waals surface area contributed by atoms with Crippen molar-refractivity contribution in [1.29, 1.82) is 0 Å². The van der Waals surface area contributed by atoms with Crippen molar-refractivity contribution < 1.29 is 61.8 Å². The van der Waals surface area contributed by atoms with Gasteiger partial charge in [-0.3, -0.25) is 19.2 Å². The molecular formula is C22H35N3O13. The van der Waals surface area contributed by atoms with Gasteiger partial charge in [0.25, 0.3) is 0 Å². The Morgan fingerprint density at radius 2 is 1.21 bits per heavy atom. The van der Waals surface area contributed by atoms with Gasteiger partial charge in [0.2, 0.25) is 0 Å². The molecule has 216 valence electrons. The SMILES string of the molecule is CC(=O)OC[C@H]1O[C@@H](OCCOCCOCCOCCN=[N+]=[N-])[C@H](OC(C)=O)[C@@H](OC(C)=O)[C@H]1OC(C)=O. The molecule has 38 heavy (non-hydrogen) atoms. The first-order chi connectivity index (χ1) is 18.1. The van der Waals surface area contributed by atoms with Gasteiger partial charge in [0, 0.05) is 39.2 Å². The normalized spacial score (nSPS) is 22.6. The Labute approximate surface area is 219 Å². The van der Waals surface area contributed by atoms with Gasteiger partial charge in [-0.1, -0.05) is 5.11 Å². The van der Waals surface area contributed by atoms with Crippen LogP contribution in [0.1, 0.15) is 27.7 Å². The number of esters is 4. The minimum Gasteiger partial charge on any atom is -0.463 e. The molecule has 1 heterocycles. The Morgan fingerprint density at radius 3 is 1.74 bits per heavy atom. The summed E-state index contributed by atoms with van der Waals surface area (Å²) in [6.07, 6.45) is -6.21. The maximum atomic E-state index is 11.8. The van der Waals surface area contributed by atoms with E-state index in [1.54, 1.807) is 0 Å². The van der Waals surface area contributed by atoms with E-state index in [2.05, 4.69) is 10.0 Å². The first-order valence-corrected chi connectivity index (χ1v) is 11.8. The van der Waals surface area contributed by atoms with E-state index in [0.29, 0.717) is 26.4 Å². The first kappa shape index (κ1) is 33.0. The van der Waals surface area contributed by atoms with Crippen LogP contribution in [0.4, 0.5) is 0 Å². The number of carbonyl (C=O) groups excluding carboxylic acids is 4. The highest BCUT2D eigenvalue weighted by atomic mass is 16.7. The van der Waals surface area contributed by atoms with E-state index in [9.17, 15) is 19.2 Å². The van der Waals surface area contributed by atoms with Crippen molar-refractivity contribution in [1.82, 2.24) is 0 Å². The number of ether oxygens (including phenoxy) is 9.